The fraction of sp³-hybridized carbons (Fsp3) is 0.375. The molecular weight excluding hydrogens is 290 g/mol. The van der Waals surface area contributed by atoms with E-state index in [2.05, 4.69) is 0 Å². The first-order valence-corrected chi connectivity index (χ1v) is 7.31. The fourth-order valence-electron chi connectivity index (χ4n) is 2.41. The first-order chi connectivity index (χ1) is 10.1. The zero-order chi connectivity index (χ0) is 15.2. The SMILES string of the molecule is COC(=O)C1CCCCN1C(=O)/C=C/c1ccc(Cl)cc1. The minimum absolute atomic E-state index is 0.167. The van der Waals surface area contributed by atoms with Crippen LogP contribution in [0.25, 0.3) is 6.08 Å². The van der Waals surface area contributed by atoms with Crippen LogP contribution in [-0.4, -0.2) is 36.5 Å². The van der Waals surface area contributed by atoms with Crippen molar-refractivity contribution < 1.29 is 14.3 Å². The number of carbonyl (C=O) groups excluding carboxylic acids is 2. The Morgan fingerprint density at radius 1 is 1.29 bits per heavy atom. The molecule has 1 aromatic carbocycles. The number of hydrogen-bond donors (Lipinski definition) is 0. The highest BCUT2D eigenvalue weighted by molar-refractivity contribution is 6.30. The molecule has 2 rings (SSSR count). The summed E-state index contributed by atoms with van der Waals surface area (Å²) in [5.74, 6) is -0.511. The molecule has 1 fully saturated rings. The topological polar surface area (TPSA) is 46.6 Å². The van der Waals surface area contributed by atoms with Crippen LogP contribution in [0.3, 0.4) is 0 Å². The Kier molecular flexibility index (Phi) is 5.39. The first kappa shape index (κ1) is 15.6. The van der Waals surface area contributed by atoms with Crippen molar-refractivity contribution in [2.24, 2.45) is 0 Å². The molecule has 4 nitrogen and oxygen atoms in total. The summed E-state index contributed by atoms with van der Waals surface area (Å²) in [7, 11) is 1.35. The van der Waals surface area contributed by atoms with Crippen molar-refractivity contribution in [1.29, 1.82) is 0 Å². The van der Waals surface area contributed by atoms with E-state index in [-0.39, 0.29) is 11.9 Å². The van der Waals surface area contributed by atoms with Gasteiger partial charge in [-0.05, 0) is 43.0 Å². The predicted molar refractivity (Wildman–Crippen MR) is 81.9 cm³/mol. The van der Waals surface area contributed by atoms with E-state index in [4.69, 9.17) is 16.3 Å². The molecule has 0 saturated carbocycles. The van der Waals surface area contributed by atoms with Gasteiger partial charge in [0.05, 0.1) is 7.11 Å². The molecule has 0 bridgehead atoms. The molecule has 0 spiro atoms. The summed E-state index contributed by atoms with van der Waals surface area (Å²) in [6, 6.07) is 6.74. The molecule has 0 aliphatic carbocycles. The molecule has 1 heterocycles. The van der Waals surface area contributed by atoms with E-state index in [9.17, 15) is 9.59 Å². The Balaban J connectivity index is 2.06. The number of methoxy groups -OCH3 is 1. The van der Waals surface area contributed by atoms with E-state index in [0.29, 0.717) is 18.0 Å². The van der Waals surface area contributed by atoms with E-state index in [1.807, 2.05) is 12.1 Å². The molecule has 1 aromatic rings. The summed E-state index contributed by atoms with van der Waals surface area (Å²) in [6.07, 6.45) is 5.72. The van der Waals surface area contributed by atoms with Gasteiger partial charge in [-0.2, -0.15) is 0 Å². The number of amides is 1. The van der Waals surface area contributed by atoms with Gasteiger partial charge in [0.2, 0.25) is 5.91 Å². The molecule has 0 N–H and O–H groups in total. The maximum Gasteiger partial charge on any atom is 0.328 e. The van der Waals surface area contributed by atoms with E-state index in [1.54, 1.807) is 23.1 Å². The first-order valence-electron chi connectivity index (χ1n) is 6.94. The molecule has 5 heteroatoms. The highest BCUT2D eigenvalue weighted by Crippen LogP contribution is 2.19. The van der Waals surface area contributed by atoms with Crippen molar-refractivity contribution >= 4 is 29.6 Å². The number of carbonyl (C=O) groups is 2. The smallest absolute Gasteiger partial charge is 0.328 e. The van der Waals surface area contributed by atoms with Gasteiger partial charge in [-0.1, -0.05) is 23.7 Å². The van der Waals surface area contributed by atoms with Gasteiger partial charge in [0.1, 0.15) is 6.04 Å². The van der Waals surface area contributed by atoms with Crippen molar-refractivity contribution in [3.63, 3.8) is 0 Å². The third kappa shape index (κ3) is 4.08. The van der Waals surface area contributed by atoms with Crippen LogP contribution < -0.4 is 0 Å². The summed E-state index contributed by atoms with van der Waals surface area (Å²) in [5, 5.41) is 0.653. The van der Waals surface area contributed by atoms with Crippen molar-refractivity contribution in [3.05, 3.63) is 40.9 Å². The molecule has 0 aromatic heterocycles. The van der Waals surface area contributed by atoms with Crippen molar-refractivity contribution in [2.45, 2.75) is 25.3 Å². The molecule has 1 saturated heterocycles. The minimum atomic E-state index is -0.467. The van der Waals surface area contributed by atoms with Gasteiger partial charge < -0.3 is 9.64 Å². The summed E-state index contributed by atoms with van der Waals surface area (Å²) >= 11 is 5.82. The van der Waals surface area contributed by atoms with Crippen LogP contribution in [0.5, 0.6) is 0 Å². The number of likely N-dealkylation sites (tertiary alicyclic amines) is 1. The zero-order valence-electron chi connectivity index (χ0n) is 11.9. The average Bonchev–Trinajstić information content (AvgIpc) is 2.53. The lowest BCUT2D eigenvalue weighted by Gasteiger charge is -2.32. The molecule has 1 amide bonds. The van der Waals surface area contributed by atoms with Crippen LogP contribution in [0.2, 0.25) is 5.02 Å². The molecule has 1 aliphatic rings. The maximum absolute atomic E-state index is 12.3. The average molecular weight is 308 g/mol. The Labute approximate surface area is 129 Å². The largest absolute Gasteiger partial charge is 0.467 e. The van der Waals surface area contributed by atoms with Gasteiger partial charge in [-0.3, -0.25) is 4.79 Å². The second kappa shape index (κ2) is 7.27. The van der Waals surface area contributed by atoms with Gasteiger partial charge >= 0.3 is 5.97 Å². The standard InChI is InChI=1S/C16H18ClNO3/c1-21-16(20)14-4-2-3-11-18(14)15(19)10-7-12-5-8-13(17)9-6-12/h5-10,14H,2-4,11H2,1H3/b10-7+. The second-order valence-electron chi connectivity index (χ2n) is 4.95. The summed E-state index contributed by atoms with van der Waals surface area (Å²) in [5.41, 5.74) is 0.888. The van der Waals surface area contributed by atoms with Crippen LogP contribution in [0.4, 0.5) is 0 Å². The number of piperidine rings is 1. The van der Waals surface area contributed by atoms with E-state index >= 15 is 0 Å². The van der Waals surface area contributed by atoms with Crippen molar-refractivity contribution in [3.8, 4) is 0 Å². The molecule has 112 valence electrons. The van der Waals surface area contributed by atoms with E-state index in [1.165, 1.54) is 13.2 Å². The number of benzene rings is 1. The Hall–Kier alpha value is -1.81. The van der Waals surface area contributed by atoms with Crippen LogP contribution in [0.1, 0.15) is 24.8 Å². The monoisotopic (exact) mass is 307 g/mol. The van der Waals surface area contributed by atoms with Crippen LogP contribution in [0.15, 0.2) is 30.3 Å². The maximum atomic E-state index is 12.3. The van der Waals surface area contributed by atoms with E-state index in [0.717, 1.165) is 18.4 Å². The summed E-state index contributed by atoms with van der Waals surface area (Å²) in [6.45, 7) is 0.587. The molecule has 21 heavy (non-hydrogen) atoms. The number of halogens is 1. The lowest BCUT2D eigenvalue weighted by Crippen LogP contribution is -2.47. The Bertz CT molecular complexity index is 539. The molecule has 1 aliphatic heterocycles. The number of hydrogen-bond acceptors (Lipinski definition) is 3. The fourth-order valence-corrected chi connectivity index (χ4v) is 2.54. The lowest BCUT2D eigenvalue weighted by molar-refractivity contribution is -0.153. The quantitative estimate of drug-likeness (QED) is 0.637. The van der Waals surface area contributed by atoms with Crippen LogP contribution in [0, 0.1) is 0 Å². The Morgan fingerprint density at radius 2 is 2.00 bits per heavy atom. The molecule has 1 atom stereocenters. The van der Waals surface area contributed by atoms with Crippen molar-refractivity contribution in [1.82, 2.24) is 4.90 Å². The molecular formula is C16H18ClNO3. The molecule has 1 unspecified atom stereocenters. The van der Waals surface area contributed by atoms with Gasteiger partial charge in [0, 0.05) is 17.6 Å². The highest BCUT2D eigenvalue weighted by atomic mass is 35.5. The lowest BCUT2D eigenvalue weighted by atomic mass is 10.0. The van der Waals surface area contributed by atoms with Gasteiger partial charge in [0.25, 0.3) is 0 Å². The third-order valence-corrected chi connectivity index (χ3v) is 3.80. The van der Waals surface area contributed by atoms with Crippen LogP contribution >= 0.6 is 11.6 Å². The van der Waals surface area contributed by atoms with E-state index < -0.39 is 6.04 Å². The van der Waals surface area contributed by atoms with Gasteiger partial charge in [0.15, 0.2) is 0 Å². The van der Waals surface area contributed by atoms with Gasteiger partial charge in [-0.25, -0.2) is 4.79 Å². The highest BCUT2D eigenvalue weighted by Gasteiger charge is 2.31. The summed E-state index contributed by atoms with van der Waals surface area (Å²) < 4.78 is 4.77. The summed E-state index contributed by atoms with van der Waals surface area (Å²) in [4.78, 5) is 25.6. The van der Waals surface area contributed by atoms with Crippen LogP contribution in [-0.2, 0) is 14.3 Å². The van der Waals surface area contributed by atoms with Crippen molar-refractivity contribution in [2.75, 3.05) is 13.7 Å². The Morgan fingerprint density at radius 3 is 2.67 bits per heavy atom. The number of esters is 1. The normalized spacial score (nSPS) is 18.8. The van der Waals surface area contributed by atoms with Gasteiger partial charge in [-0.15, -0.1) is 0 Å². The second-order valence-corrected chi connectivity index (χ2v) is 5.39. The number of rotatable bonds is 3. The predicted octanol–water partition coefficient (Wildman–Crippen LogP) is 2.91. The molecule has 0 radical (unpaired) electrons. The minimum Gasteiger partial charge on any atom is -0.467 e. The number of ether oxygens (including phenoxy) is 1. The number of nitrogens with zero attached hydrogens (tertiary/aromatic N) is 1. The zero-order valence-corrected chi connectivity index (χ0v) is 12.7. The third-order valence-electron chi connectivity index (χ3n) is 3.55.